The minimum absolute atomic E-state index is 0.0598. The molecule has 0 aliphatic heterocycles. The smallest absolute Gasteiger partial charge is 0.153 e. The molecule has 1 saturated carbocycles. The zero-order valence-electron chi connectivity index (χ0n) is 12.8. The summed E-state index contributed by atoms with van der Waals surface area (Å²) in [5.74, 6) is 0.963. The Kier molecular flexibility index (Phi) is 7.37. The molecule has 0 aromatic heterocycles. The third-order valence-electron chi connectivity index (χ3n) is 4.36. The van der Waals surface area contributed by atoms with Crippen molar-refractivity contribution in [2.45, 2.75) is 77.0 Å². The molecule has 0 radical (unpaired) electrons. The SMILES string of the molecule is CCNC(CC)CCCS(=O)(=O)C1CCCC(C)C1. The second-order valence-electron chi connectivity index (χ2n) is 6.07. The highest BCUT2D eigenvalue weighted by Gasteiger charge is 2.29. The van der Waals surface area contributed by atoms with Crippen molar-refractivity contribution in [1.29, 1.82) is 0 Å². The topological polar surface area (TPSA) is 46.2 Å². The van der Waals surface area contributed by atoms with E-state index in [4.69, 9.17) is 0 Å². The minimum Gasteiger partial charge on any atom is -0.314 e. The lowest BCUT2D eigenvalue weighted by Crippen LogP contribution is -2.31. The Morgan fingerprint density at radius 3 is 2.58 bits per heavy atom. The highest BCUT2D eigenvalue weighted by atomic mass is 32.2. The van der Waals surface area contributed by atoms with Gasteiger partial charge in [-0.05, 0) is 44.6 Å². The molecule has 0 aromatic carbocycles. The van der Waals surface area contributed by atoms with Gasteiger partial charge in [-0.2, -0.15) is 0 Å². The van der Waals surface area contributed by atoms with Gasteiger partial charge in [0.15, 0.2) is 9.84 Å². The first kappa shape index (κ1) is 17.0. The van der Waals surface area contributed by atoms with Crippen LogP contribution in [0.3, 0.4) is 0 Å². The van der Waals surface area contributed by atoms with E-state index in [-0.39, 0.29) is 5.25 Å². The van der Waals surface area contributed by atoms with Crippen LogP contribution in [-0.4, -0.2) is 32.0 Å². The van der Waals surface area contributed by atoms with Crippen molar-refractivity contribution < 1.29 is 8.42 Å². The molecule has 1 aliphatic carbocycles. The molecular weight excluding hydrogens is 258 g/mol. The van der Waals surface area contributed by atoms with Crippen molar-refractivity contribution >= 4 is 9.84 Å². The predicted molar refractivity (Wildman–Crippen MR) is 82.2 cm³/mol. The van der Waals surface area contributed by atoms with E-state index in [0.29, 0.717) is 17.7 Å². The summed E-state index contributed by atoms with van der Waals surface area (Å²) < 4.78 is 24.7. The summed E-state index contributed by atoms with van der Waals surface area (Å²) in [7, 11) is -2.86. The normalized spacial score (nSPS) is 26.3. The summed E-state index contributed by atoms with van der Waals surface area (Å²) in [5, 5.41) is 3.35. The Bertz CT molecular complexity index is 340. The Morgan fingerprint density at radius 1 is 1.26 bits per heavy atom. The average Bonchev–Trinajstić information content (AvgIpc) is 2.37. The van der Waals surface area contributed by atoms with Crippen molar-refractivity contribution in [3.05, 3.63) is 0 Å². The van der Waals surface area contributed by atoms with Crippen LogP contribution in [-0.2, 0) is 9.84 Å². The molecule has 3 nitrogen and oxygen atoms in total. The van der Waals surface area contributed by atoms with Gasteiger partial charge in [-0.3, -0.25) is 0 Å². The van der Waals surface area contributed by atoms with Crippen molar-refractivity contribution in [1.82, 2.24) is 5.32 Å². The van der Waals surface area contributed by atoms with E-state index in [1.807, 2.05) is 0 Å². The standard InChI is InChI=1S/C15H31NO2S/c1-4-14(16-5-2)9-7-11-19(17,18)15-10-6-8-13(3)12-15/h13-16H,4-12H2,1-3H3. The molecule has 0 aromatic rings. The van der Waals surface area contributed by atoms with Gasteiger partial charge >= 0.3 is 0 Å². The van der Waals surface area contributed by atoms with Gasteiger partial charge in [-0.1, -0.05) is 33.6 Å². The molecule has 4 heteroatoms. The monoisotopic (exact) mass is 289 g/mol. The maximum atomic E-state index is 12.3. The van der Waals surface area contributed by atoms with Crippen molar-refractivity contribution in [3.63, 3.8) is 0 Å². The summed E-state index contributed by atoms with van der Waals surface area (Å²) >= 11 is 0. The third kappa shape index (κ3) is 5.82. The Morgan fingerprint density at radius 2 is 2.00 bits per heavy atom. The molecule has 0 heterocycles. The van der Waals surface area contributed by atoms with Crippen molar-refractivity contribution in [3.8, 4) is 0 Å². The lowest BCUT2D eigenvalue weighted by molar-refractivity contribution is 0.381. The second kappa shape index (κ2) is 8.25. The maximum absolute atomic E-state index is 12.3. The van der Waals surface area contributed by atoms with Gasteiger partial charge in [-0.25, -0.2) is 8.42 Å². The summed E-state index contributed by atoms with van der Waals surface area (Å²) in [6, 6.07) is 0.477. The number of hydrogen-bond acceptors (Lipinski definition) is 3. The molecule has 19 heavy (non-hydrogen) atoms. The van der Waals surface area contributed by atoms with Gasteiger partial charge < -0.3 is 5.32 Å². The Balaban J connectivity index is 2.37. The minimum atomic E-state index is -2.86. The molecular formula is C15H31NO2S. The number of rotatable bonds is 8. The summed E-state index contributed by atoms with van der Waals surface area (Å²) in [4.78, 5) is 0. The van der Waals surface area contributed by atoms with Gasteiger partial charge in [0.05, 0.1) is 11.0 Å². The molecule has 0 spiro atoms. The molecule has 1 rings (SSSR count). The zero-order chi connectivity index (χ0) is 14.3. The van der Waals surface area contributed by atoms with Crippen molar-refractivity contribution in [2.75, 3.05) is 12.3 Å². The largest absolute Gasteiger partial charge is 0.314 e. The summed E-state index contributed by atoms with van der Waals surface area (Å²) in [6.45, 7) is 7.40. The van der Waals surface area contributed by atoms with E-state index in [0.717, 1.165) is 45.1 Å². The highest BCUT2D eigenvalue weighted by Crippen LogP contribution is 2.29. The average molecular weight is 289 g/mol. The maximum Gasteiger partial charge on any atom is 0.153 e. The number of hydrogen-bond donors (Lipinski definition) is 1. The quantitative estimate of drug-likeness (QED) is 0.746. The molecule has 0 saturated heterocycles. The first-order chi connectivity index (χ1) is 8.99. The van der Waals surface area contributed by atoms with E-state index in [1.165, 1.54) is 6.42 Å². The lowest BCUT2D eigenvalue weighted by Gasteiger charge is -2.26. The fourth-order valence-electron chi connectivity index (χ4n) is 3.14. The van der Waals surface area contributed by atoms with Gasteiger partial charge in [0.1, 0.15) is 0 Å². The fourth-order valence-corrected chi connectivity index (χ4v) is 5.19. The van der Waals surface area contributed by atoms with Crippen LogP contribution in [0.1, 0.15) is 65.7 Å². The van der Waals surface area contributed by atoms with Crippen molar-refractivity contribution in [2.24, 2.45) is 5.92 Å². The molecule has 3 unspecified atom stereocenters. The van der Waals surface area contributed by atoms with Crippen LogP contribution in [0, 0.1) is 5.92 Å². The summed E-state index contributed by atoms with van der Waals surface area (Å²) in [5.41, 5.74) is 0. The molecule has 1 N–H and O–H groups in total. The Labute approximate surface area is 119 Å². The van der Waals surface area contributed by atoms with Crippen LogP contribution in [0.15, 0.2) is 0 Å². The van der Waals surface area contributed by atoms with E-state index < -0.39 is 9.84 Å². The molecule has 0 bridgehead atoms. The molecule has 1 fully saturated rings. The molecule has 0 amide bonds. The lowest BCUT2D eigenvalue weighted by atomic mass is 9.91. The van der Waals surface area contributed by atoms with Crippen LogP contribution < -0.4 is 5.32 Å². The van der Waals surface area contributed by atoms with Crippen LogP contribution >= 0.6 is 0 Å². The fraction of sp³-hybridized carbons (Fsp3) is 1.00. The molecule has 3 atom stereocenters. The zero-order valence-corrected chi connectivity index (χ0v) is 13.6. The molecule has 114 valence electrons. The highest BCUT2D eigenvalue weighted by molar-refractivity contribution is 7.92. The summed E-state index contributed by atoms with van der Waals surface area (Å²) in [6.07, 6.45) is 6.91. The van der Waals surface area contributed by atoms with E-state index in [2.05, 4.69) is 26.1 Å². The van der Waals surface area contributed by atoms with Crippen LogP contribution in [0.25, 0.3) is 0 Å². The second-order valence-corrected chi connectivity index (χ2v) is 8.47. The van der Waals surface area contributed by atoms with E-state index in [1.54, 1.807) is 0 Å². The van der Waals surface area contributed by atoms with Crippen LogP contribution in [0.2, 0.25) is 0 Å². The first-order valence-corrected chi connectivity index (χ1v) is 9.66. The predicted octanol–water partition coefficient (Wildman–Crippen LogP) is 3.15. The van der Waals surface area contributed by atoms with Crippen LogP contribution in [0.5, 0.6) is 0 Å². The van der Waals surface area contributed by atoms with Gasteiger partial charge in [0.25, 0.3) is 0 Å². The van der Waals surface area contributed by atoms with E-state index >= 15 is 0 Å². The Hall–Kier alpha value is -0.0900. The third-order valence-corrected chi connectivity index (χ3v) is 6.66. The van der Waals surface area contributed by atoms with Gasteiger partial charge in [-0.15, -0.1) is 0 Å². The number of sulfone groups is 1. The first-order valence-electron chi connectivity index (χ1n) is 7.94. The van der Waals surface area contributed by atoms with E-state index in [9.17, 15) is 8.42 Å². The van der Waals surface area contributed by atoms with Crippen LogP contribution in [0.4, 0.5) is 0 Å². The number of nitrogens with one attached hydrogen (secondary N) is 1. The molecule has 1 aliphatic rings. The van der Waals surface area contributed by atoms with Gasteiger partial charge in [0, 0.05) is 6.04 Å². The van der Waals surface area contributed by atoms with Gasteiger partial charge in [0.2, 0.25) is 0 Å².